The monoisotopic (exact) mass is 661 g/mol. The third-order valence-corrected chi connectivity index (χ3v) is 67.2. The molecule has 0 fully saturated rings. The van der Waals surface area contributed by atoms with Gasteiger partial charge < -0.3 is 0 Å². The standard InChI is InChI=1S/C26H57Si3.Pb/c1-21(2,3)28(22(4,5)6,23(7,8)9)27(19,20)29(24(10,11)12,25(13,14)15)26(16,17)18;/h1-19H3;. The molecule has 0 aliphatic carbocycles. The molecule has 0 unspecified atom stereocenters. The van der Waals surface area contributed by atoms with Crippen LogP contribution in [-0.2, 0) is 0 Å². The fourth-order valence-electron chi connectivity index (χ4n) is 11.7. The summed E-state index contributed by atoms with van der Waals surface area (Å²) in [6, 6.07) is 0. The van der Waals surface area contributed by atoms with Crippen LogP contribution in [0.1, 0.15) is 125 Å². The van der Waals surface area contributed by atoms with Crippen molar-refractivity contribution in [2.75, 3.05) is 0 Å². The van der Waals surface area contributed by atoms with Gasteiger partial charge in [0.15, 0.2) is 0 Å². The molecule has 0 N–H and O–H groups in total. The minimum atomic E-state index is -2.01. The Balaban J connectivity index is 8.53. The van der Waals surface area contributed by atoms with Gasteiger partial charge in [0.2, 0.25) is 0 Å². The van der Waals surface area contributed by atoms with Crippen molar-refractivity contribution in [3.63, 3.8) is 0 Å². The van der Waals surface area contributed by atoms with Gasteiger partial charge in [-0.3, -0.25) is 0 Å². The van der Waals surface area contributed by atoms with Gasteiger partial charge in [-0.2, -0.15) is 0 Å². The molecular formula is C26H57PbSi3. The van der Waals surface area contributed by atoms with Gasteiger partial charge in [0.05, 0.1) is 0 Å². The van der Waals surface area contributed by atoms with Gasteiger partial charge in [0, 0.05) is 0 Å². The first kappa shape index (κ1) is 31.4. The summed E-state index contributed by atoms with van der Waals surface area (Å²) in [6.45, 7) is 50.0. The average Bonchev–Trinajstić information content (AvgIpc) is 2.27. The maximum atomic E-state index is 4.50. The zero-order valence-electron chi connectivity index (χ0n) is 24.5. The first-order valence-electron chi connectivity index (χ1n) is 12.0. The fourth-order valence-corrected chi connectivity index (χ4v) is 103. The van der Waals surface area contributed by atoms with E-state index >= 15 is 0 Å². The Bertz CT molecular complexity index is 534. The molecule has 30 heavy (non-hydrogen) atoms. The first-order chi connectivity index (χ1) is 12.6. The van der Waals surface area contributed by atoms with E-state index in [0.29, 0.717) is 30.2 Å². The van der Waals surface area contributed by atoms with E-state index in [2.05, 4.69) is 134 Å². The van der Waals surface area contributed by atoms with Crippen LogP contribution in [0.5, 0.6) is 0 Å². The van der Waals surface area contributed by atoms with E-state index in [1.54, 1.807) is 0 Å². The van der Waals surface area contributed by atoms with Crippen molar-refractivity contribution >= 4 is 47.4 Å². The summed E-state index contributed by atoms with van der Waals surface area (Å²) in [4.78, 5) is 0. The van der Waals surface area contributed by atoms with Gasteiger partial charge in [-0.15, -0.1) is 0 Å². The Kier molecular flexibility index (Phi) is 8.61. The topological polar surface area (TPSA) is 0 Å². The second-order valence-corrected chi connectivity index (χ2v) is 45.7. The maximum absolute atomic E-state index is 4.50. The van der Waals surface area contributed by atoms with Crippen LogP contribution in [-0.4, -0.2) is 47.4 Å². The summed E-state index contributed by atoms with van der Waals surface area (Å²) >= 11 is 1.09. The van der Waals surface area contributed by atoms with Crippen molar-refractivity contribution in [2.24, 2.45) is 0 Å². The van der Waals surface area contributed by atoms with E-state index in [1.165, 1.54) is 0 Å². The Hall–Kier alpha value is 1.35. The van der Waals surface area contributed by atoms with E-state index in [-0.39, 0.29) is 0 Å². The molecule has 0 rings (SSSR count). The minimum absolute atomic E-state index is 0.321. The zero-order valence-corrected chi connectivity index (χ0v) is 31.4. The van der Waals surface area contributed by atoms with Gasteiger partial charge in [0.1, 0.15) is 0 Å². The average molecular weight is 661 g/mol. The van der Waals surface area contributed by atoms with Crippen molar-refractivity contribution in [3.05, 3.63) is 0 Å². The van der Waals surface area contributed by atoms with Crippen molar-refractivity contribution in [3.8, 4) is 2.98 Å². The van der Waals surface area contributed by atoms with Crippen LogP contribution in [0.15, 0.2) is 0 Å². The van der Waals surface area contributed by atoms with Crippen molar-refractivity contribution in [2.45, 2.75) is 161 Å². The number of rotatable bonds is 2. The van der Waals surface area contributed by atoms with Crippen molar-refractivity contribution < 1.29 is 0 Å². The predicted octanol–water partition coefficient (Wildman–Crippen LogP) is 9.59. The van der Waals surface area contributed by atoms with Crippen LogP contribution in [0.25, 0.3) is 0 Å². The molecule has 0 aromatic heterocycles. The molecule has 0 aromatic carbocycles. The van der Waals surface area contributed by atoms with E-state index in [9.17, 15) is 0 Å². The van der Waals surface area contributed by atoms with E-state index < -0.39 is 22.3 Å². The van der Waals surface area contributed by atoms with Crippen LogP contribution in [0, 0.1) is 2.98 Å². The first-order valence-corrected chi connectivity index (χ1v) is 22.4. The summed E-state index contributed by atoms with van der Waals surface area (Å²) < 4.78 is 4.50. The SMILES string of the molecule is CC(C)(C)[Si](C(C)(C)C)(C(C)(C)C)[Si](C)([C]#[Pb])[Si](C(C)(C)C)(C(C)(C)C)C(C)(C)C. The van der Waals surface area contributed by atoms with E-state index in [0.717, 1.165) is 25.1 Å². The summed E-state index contributed by atoms with van der Waals surface area (Å²) in [7, 11) is -5.99. The summed E-state index contributed by atoms with van der Waals surface area (Å²) in [6.07, 6.45) is 0. The van der Waals surface area contributed by atoms with Crippen LogP contribution >= 0.6 is 0 Å². The van der Waals surface area contributed by atoms with Gasteiger partial charge >= 0.3 is 212 Å². The molecule has 0 saturated carbocycles. The molecule has 0 heterocycles. The second-order valence-electron chi connectivity index (χ2n) is 16.2. The Morgan fingerprint density at radius 2 is 0.533 bits per heavy atom. The Morgan fingerprint density at radius 1 is 0.400 bits per heavy atom. The fraction of sp³-hybridized carbons (Fsp3) is 0.962. The molecule has 0 amide bonds. The second kappa shape index (κ2) is 8.24. The third kappa shape index (κ3) is 4.05. The number of hydrogen-bond donors (Lipinski definition) is 0. The normalized spacial score (nSPS) is 16.5. The van der Waals surface area contributed by atoms with Crippen molar-refractivity contribution in [1.29, 1.82) is 0 Å². The van der Waals surface area contributed by atoms with Crippen LogP contribution in [0.2, 0.25) is 36.8 Å². The van der Waals surface area contributed by atoms with Gasteiger partial charge in [0.25, 0.3) is 0 Å². The quantitative estimate of drug-likeness (QED) is 0.259. The molecule has 0 nitrogen and oxygen atoms in total. The Morgan fingerprint density at radius 3 is 0.600 bits per heavy atom. The molecule has 1 radical (unpaired) electrons. The molecule has 0 atom stereocenters. The molecule has 0 aliphatic rings. The van der Waals surface area contributed by atoms with Gasteiger partial charge in [-0.25, -0.2) is 0 Å². The van der Waals surface area contributed by atoms with Gasteiger partial charge in [-0.1, -0.05) is 0 Å². The summed E-state index contributed by atoms with van der Waals surface area (Å²) in [5.74, 6) is 0. The molecular weight excluding hydrogens is 604 g/mol. The molecule has 0 aliphatic heterocycles. The zero-order chi connectivity index (χ0) is 25.2. The Labute approximate surface area is 210 Å². The van der Waals surface area contributed by atoms with Gasteiger partial charge in [-0.05, 0) is 0 Å². The van der Waals surface area contributed by atoms with Crippen LogP contribution < -0.4 is 0 Å². The molecule has 0 saturated heterocycles. The molecule has 4 heteroatoms. The number of hydrogen-bond acceptors (Lipinski definition) is 0. The van der Waals surface area contributed by atoms with E-state index in [4.69, 9.17) is 0 Å². The van der Waals surface area contributed by atoms with Crippen molar-refractivity contribution in [1.82, 2.24) is 0 Å². The summed E-state index contributed by atoms with van der Waals surface area (Å²) in [5.41, 5.74) is 0. The molecule has 0 aromatic rings. The third-order valence-electron chi connectivity index (χ3n) is 8.50. The molecule has 0 bridgehead atoms. The van der Waals surface area contributed by atoms with E-state index in [1.807, 2.05) is 0 Å². The predicted molar refractivity (Wildman–Crippen MR) is 151 cm³/mol. The van der Waals surface area contributed by atoms with Crippen LogP contribution in [0.3, 0.4) is 0 Å². The molecule has 0 spiro atoms. The molecule has 177 valence electrons. The summed E-state index contributed by atoms with van der Waals surface area (Å²) in [5, 5.41) is 1.93. The van der Waals surface area contributed by atoms with Crippen LogP contribution in [0.4, 0.5) is 0 Å².